The van der Waals surface area contributed by atoms with E-state index in [9.17, 15) is 4.79 Å². The predicted molar refractivity (Wildman–Crippen MR) is 75.8 cm³/mol. The summed E-state index contributed by atoms with van der Waals surface area (Å²) in [6.45, 7) is 5.52. The zero-order valence-corrected chi connectivity index (χ0v) is 11.9. The van der Waals surface area contributed by atoms with Crippen molar-refractivity contribution in [3.8, 4) is 0 Å². The van der Waals surface area contributed by atoms with Crippen LogP contribution < -0.4 is 5.32 Å². The second kappa shape index (κ2) is 6.82. The molecule has 2 heterocycles. The number of nitrogens with one attached hydrogen (secondary N) is 1. The van der Waals surface area contributed by atoms with Gasteiger partial charge in [-0.3, -0.25) is 4.79 Å². The van der Waals surface area contributed by atoms with Gasteiger partial charge in [0.25, 0.3) is 0 Å². The van der Waals surface area contributed by atoms with Crippen LogP contribution in [0.15, 0.2) is 6.33 Å². The van der Waals surface area contributed by atoms with Crippen molar-refractivity contribution in [2.24, 2.45) is 0 Å². The number of rotatable bonds is 5. The average Bonchev–Trinajstić information content (AvgIpc) is 2.42. The van der Waals surface area contributed by atoms with Crippen molar-refractivity contribution >= 4 is 23.7 Å². The molecule has 0 saturated carbocycles. The lowest BCUT2D eigenvalue weighted by atomic mass is 10.0. The van der Waals surface area contributed by atoms with Crippen molar-refractivity contribution in [3.05, 3.63) is 17.0 Å². The molecule has 1 saturated heterocycles. The Bertz CT molecular complexity index is 433. The summed E-state index contributed by atoms with van der Waals surface area (Å²) in [7, 11) is 0. The highest BCUT2D eigenvalue weighted by Crippen LogP contribution is 2.21. The molecule has 0 bridgehead atoms. The third-order valence-corrected chi connectivity index (χ3v) is 3.72. The summed E-state index contributed by atoms with van der Waals surface area (Å²) in [6.07, 6.45) is 5.38. The van der Waals surface area contributed by atoms with E-state index in [1.54, 1.807) is 0 Å². The molecule has 0 spiro atoms. The van der Waals surface area contributed by atoms with E-state index in [1.807, 2.05) is 0 Å². The molecule has 0 aliphatic carbocycles. The molecule has 6 heteroatoms. The highest BCUT2D eigenvalue weighted by molar-refractivity contribution is 6.32. The van der Waals surface area contributed by atoms with Gasteiger partial charge >= 0.3 is 0 Å². The van der Waals surface area contributed by atoms with E-state index in [1.165, 1.54) is 12.7 Å². The molecule has 1 N–H and O–H groups in total. The summed E-state index contributed by atoms with van der Waals surface area (Å²) in [6, 6.07) is 0.345. The third kappa shape index (κ3) is 3.64. The average molecular weight is 283 g/mol. The second-order valence-electron chi connectivity index (χ2n) is 4.80. The minimum absolute atomic E-state index is 0.205. The van der Waals surface area contributed by atoms with Gasteiger partial charge in [0.05, 0.1) is 5.56 Å². The van der Waals surface area contributed by atoms with Crippen LogP contribution in [-0.2, 0) is 0 Å². The fraction of sp³-hybridized carbons (Fsp3) is 0.615. The minimum Gasteiger partial charge on any atom is -0.367 e. The molecule has 0 atom stereocenters. The number of likely N-dealkylation sites (tertiary alicyclic amines) is 1. The molecular weight excluding hydrogens is 264 g/mol. The number of halogens is 1. The molecule has 0 radical (unpaired) electrons. The first kappa shape index (κ1) is 14.2. The summed E-state index contributed by atoms with van der Waals surface area (Å²) in [4.78, 5) is 21.4. The molecule has 0 unspecified atom stereocenters. The quantitative estimate of drug-likeness (QED) is 0.663. The van der Waals surface area contributed by atoms with Gasteiger partial charge in [0.2, 0.25) is 0 Å². The molecule has 19 heavy (non-hydrogen) atoms. The number of piperidine rings is 1. The first-order valence-electron chi connectivity index (χ1n) is 6.69. The van der Waals surface area contributed by atoms with Gasteiger partial charge in [-0.25, -0.2) is 9.97 Å². The molecular formula is C13H19ClN4O. The first-order valence-corrected chi connectivity index (χ1v) is 7.07. The SMILES string of the molecule is CCCN1CCC(Nc2ncnc(Cl)c2C=O)CC1. The monoisotopic (exact) mass is 282 g/mol. The Morgan fingerprint density at radius 3 is 2.84 bits per heavy atom. The predicted octanol–water partition coefficient (Wildman–Crippen LogP) is 2.23. The molecule has 1 fully saturated rings. The van der Waals surface area contributed by atoms with Gasteiger partial charge in [-0.1, -0.05) is 18.5 Å². The molecule has 1 aliphatic heterocycles. The number of aromatic nitrogens is 2. The molecule has 0 aromatic carbocycles. The molecule has 0 amide bonds. The Morgan fingerprint density at radius 2 is 2.21 bits per heavy atom. The van der Waals surface area contributed by atoms with E-state index >= 15 is 0 Å². The van der Waals surface area contributed by atoms with Gasteiger partial charge in [0.1, 0.15) is 17.3 Å². The highest BCUT2D eigenvalue weighted by atomic mass is 35.5. The number of carbonyl (C=O) groups is 1. The summed E-state index contributed by atoms with van der Waals surface area (Å²) in [5, 5.41) is 3.51. The van der Waals surface area contributed by atoms with Gasteiger partial charge in [0, 0.05) is 19.1 Å². The molecule has 2 rings (SSSR count). The fourth-order valence-electron chi connectivity index (χ4n) is 2.40. The molecule has 5 nitrogen and oxygen atoms in total. The van der Waals surface area contributed by atoms with Crippen LogP contribution in [0.25, 0.3) is 0 Å². The van der Waals surface area contributed by atoms with Crippen LogP contribution in [0.1, 0.15) is 36.5 Å². The maximum absolute atomic E-state index is 11.0. The van der Waals surface area contributed by atoms with Crippen molar-refractivity contribution in [1.82, 2.24) is 14.9 Å². The van der Waals surface area contributed by atoms with E-state index in [2.05, 4.69) is 27.1 Å². The molecule has 104 valence electrons. The van der Waals surface area contributed by atoms with Crippen molar-refractivity contribution in [1.29, 1.82) is 0 Å². The molecule has 1 aromatic rings. The highest BCUT2D eigenvalue weighted by Gasteiger charge is 2.20. The van der Waals surface area contributed by atoms with Gasteiger partial charge in [-0.05, 0) is 25.8 Å². The number of carbonyl (C=O) groups excluding carboxylic acids is 1. The van der Waals surface area contributed by atoms with Gasteiger partial charge in [-0.2, -0.15) is 0 Å². The van der Waals surface area contributed by atoms with Crippen LogP contribution in [0.2, 0.25) is 5.15 Å². The normalized spacial score (nSPS) is 17.4. The van der Waals surface area contributed by atoms with Crippen molar-refractivity contribution in [2.75, 3.05) is 25.0 Å². The zero-order valence-electron chi connectivity index (χ0n) is 11.1. The van der Waals surface area contributed by atoms with Crippen molar-refractivity contribution < 1.29 is 4.79 Å². The maximum Gasteiger partial charge on any atom is 0.156 e. The molecule has 1 aliphatic rings. The van der Waals surface area contributed by atoms with Crippen LogP contribution in [0.3, 0.4) is 0 Å². The van der Waals surface area contributed by atoms with E-state index in [0.29, 0.717) is 23.7 Å². The standard InChI is InChI=1S/C13H19ClN4O/c1-2-5-18-6-3-10(4-7-18)17-13-11(8-19)12(14)15-9-16-13/h8-10H,2-7H2,1H3,(H,15,16,17). The minimum atomic E-state index is 0.205. The number of anilines is 1. The smallest absolute Gasteiger partial charge is 0.156 e. The third-order valence-electron chi connectivity index (χ3n) is 3.42. The fourth-order valence-corrected chi connectivity index (χ4v) is 2.58. The summed E-state index contributed by atoms with van der Waals surface area (Å²) < 4.78 is 0. The lowest BCUT2D eigenvalue weighted by Crippen LogP contribution is -2.39. The Labute approximate surface area is 118 Å². The van der Waals surface area contributed by atoms with E-state index < -0.39 is 0 Å². The lowest BCUT2D eigenvalue weighted by Gasteiger charge is -2.32. The summed E-state index contributed by atoms with van der Waals surface area (Å²) in [5.41, 5.74) is 0.347. The summed E-state index contributed by atoms with van der Waals surface area (Å²) >= 11 is 5.88. The van der Waals surface area contributed by atoms with E-state index in [4.69, 9.17) is 11.6 Å². The molecule has 1 aromatic heterocycles. The van der Waals surface area contributed by atoms with Crippen LogP contribution in [-0.4, -0.2) is 46.8 Å². The Balaban J connectivity index is 1.96. The Kier molecular flexibility index (Phi) is 5.10. The first-order chi connectivity index (χ1) is 9.24. The Morgan fingerprint density at radius 1 is 1.47 bits per heavy atom. The zero-order chi connectivity index (χ0) is 13.7. The number of aldehydes is 1. The van der Waals surface area contributed by atoms with Crippen LogP contribution in [0, 0.1) is 0 Å². The lowest BCUT2D eigenvalue weighted by molar-refractivity contribution is 0.112. The second-order valence-corrected chi connectivity index (χ2v) is 5.16. The largest absolute Gasteiger partial charge is 0.367 e. The summed E-state index contributed by atoms with van der Waals surface area (Å²) in [5.74, 6) is 0.545. The van der Waals surface area contributed by atoms with E-state index in [0.717, 1.165) is 32.5 Å². The topological polar surface area (TPSA) is 58.1 Å². The number of nitrogens with zero attached hydrogens (tertiary/aromatic N) is 3. The Hall–Kier alpha value is -1.20. The number of hydrogen-bond donors (Lipinski definition) is 1. The van der Waals surface area contributed by atoms with E-state index in [-0.39, 0.29) is 5.15 Å². The van der Waals surface area contributed by atoms with Crippen LogP contribution >= 0.6 is 11.6 Å². The van der Waals surface area contributed by atoms with Crippen LogP contribution in [0.4, 0.5) is 5.82 Å². The van der Waals surface area contributed by atoms with Gasteiger partial charge in [-0.15, -0.1) is 0 Å². The van der Waals surface area contributed by atoms with Gasteiger partial charge < -0.3 is 10.2 Å². The van der Waals surface area contributed by atoms with Crippen molar-refractivity contribution in [3.63, 3.8) is 0 Å². The number of hydrogen-bond acceptors (Lipinski definition) is 5. The van der Waals surface area contributed by atoms with Crippen LogP contribution in [0.5, 0.6) is 0 Å². The maximum atomic E-state index is 11.0. The van der Waals surface area contributed by atoms with Crippen molar-refractivity contribution in [2.45, 2.75) is 32.2 Å². The van der Waals surface area contributed by atoms with Gasteiger partial charge in [0.15, 0.2) is 6.29 Å².